The molecule has 0 saturated carbocycles. The predicted molar refractivity (Wildman–Crippen MR) is 79.6 cm³/mol. The molecule has 5 nitrogen and oxygen atoms in total. The zero-order valence-electron chi connectivity index (χ0n) is 12.4. The third kappa shape index (κ3) is 3.28. The molecule has 0 fully saturated rings. The number of benzene rings is 1. The molecule has 1 N–H and O–H groups in total. The van der Waals surface area contributed by atoms with Gasteiger partial charge in [0.25, 0.3) is 0 Å². The van der Waals surface area contributed by atoms with Crippen LogP contribution >= 0.6 is 0 Å². The Morgan fingerprint density at radius 2 is 1.90 bits per heavy atom. The Labute approximate surface area is 124 Å². The van der Waals surface area contributed by atoms with E-state index in [1.165, 1.54) is 6.33 Å². The average molecular weight is 279 g/mol. The summed E-state index contributed by atoms with van der Waals surface area (Å²) in [4.78, 5) is 3.99. The number of nitrogens with one attached hydrogen (secondary N) is 1. The van der Waals surface area contributed by atoms with E-state index in [2.05, 4.69) is 37.1 Å². The normalized spacial score (nSPS) is 10.9. The highest BCUT2D eigenvalue weighted by Gasteiger charge is 2.15. The summed E-state index contributed by atoms with van der Waals surface area (Å²) in [6, 6.07) is 11.8. The number of rotatable bonds is 3. The maximum atomic E-state index is 9.25. The lowest BCUT2D eigenvalue weighted by Gasteiger charge is -2.22. The fourth-order valence-corrected chi connectivity index (χ4v) is 1.98. The van der Waals surface area contributed by atoms with Crippen LogP contribution in [0.25, 0.3) is 5.69 Å². The summed E-state index contributed by atoms with van der Waals surface area (Å²) in [7, 11) is 0. The lowest BCUT2D eigenvalue weighted by Crippen LogP contribution is -2.35. The van der Waals surface area contributed by atoms with Crippen molar-refractivity contribution >= 4 is 0 Å². The quantitative estimate of drug-likeness (QED) is 0.936. The molecule has 1 heterocycles. The molecule has 2 aromatic rings. The van der Waals surface area contributed by atoms with Gasteiger partial charge in [-0.3, -0.25) is 4.57 Å². The van der Waals surface area contributed by atoms with Crippen LogP contribution in [-0.4, -0.2) is 15.1 Å². The largest absolute Gasteiger partial charge is 0.308 e. The number of nitriles is 2. The summed E-state index contributed by atoms with van der Waals surface area (Å²) in [5.74, 6) is 0. The summed E-state index contributed by atoms with van der Waals surface area (Å²) in [5.41, 5.74) is 2.32. The summed E-state index contributed by atoms with van der Waals surface area (Å²) in [5, 5.41) is 21.7. The van der Waals surface area contributed by atoms with Gasteiger partial charge in [0.2, 0.25) is 0 Å². The predicted octanol–water partition coefficient (Wildman–Crippen LogP) is 2.50. The van der Waals surface area contributed by atoms with E-state index in [0.29, 0.717) is 6.54 Å². The van der Waals surface area contributed by atoms with Gasteiger partial charge in [-0.15, -0.1) is 0 Å². The molecule has 0 atom stereocenters. The fraction of sp³-hybridized carbons (Fsp3) is 0.312. The van der Waals surface area contributed by atoms with Crippen molar-refractivity contribution in [2.75, 3.05) is 0 Å². The van der Waals surface area contributed by atoms with Gasteiger partial charge in [-0.2, -0.15) is 10.5 Å². The molecular formula is C16H17N5. The van der Waals surface area contributed by atoms with Gasteiger partial charge in [-0.25, -0.2) is 4.98 Å². The number of nitrogens with zero attached hydrogens (tertiary/aromatic N) is 4. The zero-order valence-corrected chi connectivity index (χ0v) is 12.4. The van der Waals surface area contributed by atoms with Crippen molar-refractivity contribution in [2.24, 2.45) is 0 Å². The third-order valence-electron chi connectivity index (χ3n) is 3.04. The number of hydrogen-bond acceptors (Lipinski definition) is 4. The maximum absolute atomic E-state index is 9.25. The number of aromatic nitrogens is 2. The van der Waals surface area contributed by atoms with E-state index in [9.17, 15) is 5.26 Å². The molecule has 0 spiro atoms. The second-order valence-corrected chi connectivity index (χ2v) is 5.77. The molecule has 5 heteroatoms. The first kappa shape index (κ1) is 14.8. The highest BCUT2D eigenvalue weighted by molar-refractivity contribution is 5.48. The minimum atomic E-state index is -0.00206. The van der Waals surface area contributed by atoms with E-state index in [0.717, 1.165) is 11.3 Å². The van der Waals surface area contributed by atoms with Crippen molar-refractivity contribution in [1.82, 2.24) is 14.9 Å². The first-order valence-electron chi connectivity index (χ1n) is 6.67. The minimum Gasteiger partial charge on any atom is -0.308 e. The zero-order chi connectivity index (χ0) is 15.5. The SMILES string of the molecule is CC(C)(C)NCc1ccccc1-n1cnc(C#N)c1C#N. The van der Waals surface area contributed by atoms with Crippen LogP contribution in [0, 0.1) is 22.7 Å². The van der Waals surface area contributed by atoms with Gasteiger partial charge in [0.05, 0.1) is 5.69 Å². The summed E-state index contributed by atoms with van der Waals surface area (Å²) in [6.45, 7) is 6.97. The van der Waals surface area contributed by atoms with Gasteiger partial charge in [0, 0.05) is 12.1 Å². The van der Waals surface area contributed by atoms with Gasteiger partial charge >= 0.3 is 0 Å². The molecule has 0 unspecified atom stereocenters. The molecule has 0 aliphatic carbocycles. The highest BCUT2D eigenvalue weighted by atomic mass is 15.1. The molecule has 106 valence electrons. The highest BCUT2D eigenvalue weighted by Crippen LogP contribution is 2.19. The van der Waals surface area contributed by atoms with Crippen LogP contribution in [0.1, 0.15) is 37.7 Å². The molecule has 0 bridgehead atoms. The standard InChI is InChI=1S/C16H17N5/c1-16(2,3)20-10-12-6-4-5-7-14(12)21-11-19-13(8-17)15(21)9-18/h4-7,11,20H,10H2,1-3H3. The molecular weight excluding hydrogens is 262 g/mol. The monoisotopic (exact) mass is 279 g/mol. The number of hydrogen-bond donors (Lipinski definition) is 1. The molecule has 0 saturated heterocycles. The van der Waals surface area contributed by atoms with Crippen LogP contribution in [0.5, 0.6) is 0 Å². The molecule has 0 aliphatic rings. The fourth-order valence-electron chi connectivity index (χ4n) is 1.98. The van der Waals surface area contributed by atoms with Gasteiger partial charge in [0.1, 0.15) is 18.5 Å². The molecule has 21 heavy (non-hydrogen) atoms. The Morgan fingerprint density at radius 1 is 1.19 bits per heavy atom. The van der Waals surface area contributed by atoms with Crippen molar-refractivity contribution in [3.63, 3.8) is 0 Å². The van der Waals surface area contributed by atoms with E-state index in [1.54, 1.807) is 4.57 Å². The Morgan fingerprint density at radius 3 is 2.52 bits per heavy atom. The van der Waals surface area contributed by atoms with E-state index in [1.807, 2.05) is 30.3 Å². The smallest absolute Gasteiger partial charge is 0.177 e. The molecule has 1 aromatic carbocycles. The summed E-state index contributed by atoms with van der Waals surface area (Å²) in [6.07, 6.45) is 1.52. The third-order valence-corrected chi connectivity index (χ3v) is 3.04. The van der Waals surface area contributed by atoms with E-state index in [4.69, 9.17) is 5.26 Å². The van der Waals surface area contributed by atoms with Gasteiger partial charge in [-0.1, -0.05) is 18.2 Å². The number of para-hydroxylation sites is 1. The van der Waals surface area contributed by atoms with Crippen molar-refractivity contribution < 1.29 is 0 Å². The van der Waals surface area contributed by atoms with E-state index >= 15 is 0 Å². The second-order valence-electron chi connectivity index (χ2n) is 5.77. The molecule has 0 amide bonds. The molecule has 0 radical (unpaired) electrons. The van der Waals surface area contributed by atoms with Crippen molar-refractivity contribution in [1.29, 1.82) is 10.5 Å². The summed E-state index contributed by atoms with van der Waals surface area (Å²) >= 11 is 0. The topological polar surface area (TPSA) is 77.4 Å². The first-order valence-corrected chi connectivity index (χ1v) is 6.67. The first-order chi connectivity index (χ1) is 9.96. The van der Waals surface area contributed by atoms with Crippen molar-refractivity contribution in [2.45, 2.75) is 32.9 Å². The van der Waals surface area contributed by atoms with Crippen LogP contribution in [0.4, 0.5) is 0 Å². The van der Waals surface area contributed by atoms with Gasteiger partial charge < -0.3 is 5.32 Å². The van der Waals surface area contributed by atoms with Crippen LogP contribution in [-0.2, 0) is 6.54 Å². The number of imidazole rings is 1. The van der Waals surface area contributed by atoms with Gasteiger partial charge in [-0.05, 0) is 32.4 Å². The average Bonchev–Trinajstić information content (AvgIpc) is 2.87. The lowest BCUT2D eigenvalue weighted by molar-refractivity contribution is 0.424. The van der Waals surface area contributed by atoms with Crippen LogP contribution in [0.3, 0.4) is 0 Å². The van der Waals surface area contributed by atoms with E-state index in [-0.39, 0.29) is 16.9 Å². The molecule has 1 aromatic heterocycles. The van der Waals surface area contributed by atoms with Crippen LogP contribution in [0.2, 0.25) is 0 Å². The maximum Gasteiger partial charge on any atom is 0.177 e. The van der Waals surface area contributed by atoms with Gasteiger partial charge in [0.15, 0.2) is 11.4 Å². The Balaban J connectivity index is 2.44. The van der Waals surface area contributed by atoms with Crippen molar-refractivity contribution in [3.05, 3.63) is 47.5 Å². The Bertz CT molecular complexity index is 722. The minimum absolute atomic E-state index is 0.00206. The van der Waals surface area contributed by atoms with Crippen LogP contribution < -0.4 is 5.32 Å². The van der Waals surface area contributed by atoms with E-state index < -0.39 is 0 Å². The molecule has 0 aliphatic heterocycles. The Kier molecular flexibility index (Phi) is 4.07. The van der Waals surface area contributed by atoms with Crippen LogP contribution in [0.15, 0.2) is 30.6 Å². The summed E-state index contributed by atoms with van der Waals surface area (Å²) < 4.78 is 1.66. The second kappa shape index (κ2) is 5.78. The Hall–Kier alpha value is -2.63. The molecule has 2 rings (SSSR count). The van der Waals surface area contributed by atoms with Crippen molar-refractivity contribution in [3.8, 4) is 17.8 Å². The lowest BCUT2D eigenvalue weighted by atomic mass is 10.1.